The van der Waals surface area contributed by atoms with Crippen LogP contribution in [0.2, 0.25) is 0 Å². The molecule has 0 bridgehead atoms. The zero-order valence-electron chi connectivity index (χ0n) is 6.85. The molecule has 0 aromatic rings. The molecular formula is C9H12Cl2O. The van der Waals surface area contributed by atoms with E-state index >= 15 is 0 Å². The average molecular weight is 207 g/mol. The minimum absolute atomic E-state index is 0.0406. The fraction of sp³-hybridized carbons (Fsp3) is 0.889. The van der Waals surface area contributed by atoms with Gasteiger partial charge in [0, 0.05) is 12.3 Å². The van der Waals surface area contributed by atoms with Crippen LogP contribution in [0.1, 0.15) is 32.1 Å². The lowest BCUT2D eigenvalue weighted by Crippen LogP contribution is -2.06. The van der Waals surface area contributed by atoms with Crippen molar-refractivity contribution in [3.8, 4) is 0 Å². The van der Waals surface area contributed by atoms with Crippen molar-refractivity contribution in [3.63, 3.8) is 0 Å². The summed E-state index contributed by atoms with van der Waals surface area (Å²) < 4.78 is -0.707. The van der Waals surface area contributed by atoms with Gasteiger partial charge in [0.05, 0.1) is 5.92 Å². The number of ketones is 1. The molecule has 2 fully saturated rings. The van der Waals surface area contributed by atoms with Gasteiger partial charge < -0.3 is 0 Å². The fourth-order valence-electron chi connectivity index (χ4n) is 2.18. The number of rotatable bonds is 0. The van der Waals surface area contributed by atoms with Gasteiger partial charge in [-0.1, -0.05) is 12.8 Å². The van der Waals surface area contributed by atoms with Crippen molar-refractivity contribution in [1.29, 1.82) is 0 Å². The predicted octanol–water partition coefficient (Wildman–Crippen LogP) is 2.94. The smallest absolute Gasteiger partial charge is 0.139 e. The van der Waals surface area contributed by atoms with E-state index in [0.29, 0.717) is 6.42 Å². The van der Waals surface area contributed by atoms with E-state index in [1.807, 2.05) is 0 Å². The van der Waals surface area contributed by atoms with E-state index < -0.39 is 4.33 Å². The maximum absolute atomic E-state index is 11.5. The average Bonchev–Trinajstić information content (AvgIpc) is 2.46. The quantitative estimate of drug-likeness (QED) is 0.558. The normalized spacial score (nSPS) is 39.7. The molecule has 0 aromatic carbocycles. The molecule has 0 saturated heterocycles. The monoisotopic (exact) mass is 206 g/mol. The summed E-state index contributed by atoms with van der Waals surface area (Å²) in [5.74, 6) is 0.500. The molecule has 0 aromatic heterocycles. The van der Waals surface area contributed by atoms with E-state index in [2.05, 4.69) is 0 Å². The zero-order valence-corrected chi connectivity index (χ0v) is 8.37. The van der Waals surface area contributed by atoms with Crippen LogP contribution in [0.15, 0.2) is 0 Å². The Morgan fingerprint density at radius 2 is 2.00 bits per heavy atom. The number of carbonyl (C=O) groups excluding carboxylic acids is 1. The first-order valence-electron chi connectivity index (χ1n) is 4.54. The van der Waals surface area contributed by atoms with Crippen LogP contribution in [0.25, 0.3) is 0 Å². The number of Topliss-reactive ketones (excluding diaryl/α,β-unsaturated/α-hetero) is 1. The van der Waals surface area contributed by atoms with Gasteiger partial charge in [0.15, 0.2) is 0 Å². The fourth-order valence-corrected chi connectivity index (χ4v) is 3.08. The molecule has 2 atom stereocenters. The lowest BCUT2D eigenvalue weighted by Gasteiger charge is -2.04. The van der Waals surface area contributed by atoms with Gasteiger partial charge in [-0.05, 0) is 12.8 Å². The Balaban J connectivity index is 2.09. The van der Waals surface area contributed by atoms with Crippen molar-refractivity contribution in [2.24, 2.45) is 11.8 Å². The summed E-state index contributed by atoms with van der Waals surface area (Å²) in [5.41, 5.74) is 0. The maximum Gasteiger partial charge on any atom is 0.139 e. The van der Waals surface area contributed by atoms with E-state index in [4.69, 9.17) is 23.2 Å². The van der Waals surface area contributed by atoms with Gasteiger partial charge in [0.1, 0.15) is 10.1 Å². The first-order valence-corrected chi connectivity index (χ1v) is 5.30. The number of hydrogen-bond acceptors (Lipinski definition) is 1. The molecule has 2 rings (SSSR count). The van der Waals surface area contributed by atoms with Gasteiger partial charge in [-0.2, -0.15) is 0 Å². The van der Waals surface area contributed by atoms with E-state index in [1.54, 1.807) is 0 Å². The number of halogens is 2. The SMILES string of the molecule is O=C1CCCCC[C@@H]2[C@H]1C2(Cl)Cl. The highest BCUT2D eigenvalue weighted by atomic mass is 35.5. The van der Waals surface area contributed by atoms with E-state index in [0.717, 1.165) is 19.3 Å². The van der Waals surface area contributed by atoms with Crippen molar-refractivity contribution in [1.82, 2.24) is 0 Å². The second-order valence-electron chi connectivity index (χ2n) is 3.82. The highest BCUT2D eigenvalue weighted by molar-refractivity contribution is 6.52. The molecule has 0 spiro atoms. The van der Waals surface area contributed by atoms with Crippen LogP contribution in [0.5, 0.6) is 0 Å². The molecule has 0 amide bonds. The van der Waals surface area contributed by atoms with E-state index in [1.165, 1.54) is 6.42 Å². The Bertz CT molecular complexity index is 213. The Labute approximate surface area is 82.4 Å². The highest BCUT2D eigenvalue weighted by Crippen LogP contribution is 2.62. The molecule has 0 heterocycles. The van der Waals surface area contributed by atoms with Gasteiger partial charge in [0.2, 0.25) is 0 Å². The van der Waals surface area contributed by atoms with Crippen molar-refractivity contribution in [3.05, 3.63) is 0 Å². The van der Waals surface area contributed by atoms with Crippen LogP contribution in [0.4, 0.5) is 0 Å². The summed E-state index contributed by atoms with van der Waals surface area (Å²) in [4.78, 5) is 11.5. The van der Waals surface area contributed by atoms with Gasteiger partial charge in [0.25, 0.3) is 0 Å². The Hall–Kier alpha value is 0.250. The minimum Gasteiger partial charge on any atom is -0.299 e. The van der Waals surface area contributed by atoms with Crippen LogP contribution in [-0.2, 0) is 4.79 Å². The molecular weight excluding hydrogens is 195 g/mol. The van der Waals surface area contributed by atoms with Crippen molar-refractivity contribution in [2.45, 2.75) is 36.4 Å². The highest BCUT2D eigenvalue weighted by Gasteiger charge is 2.65. The Morgan fingerprint density at radius 1 is 1.25 bits per heavy atom. The molecule has 1 nitrogen and oxygen atoms in total. The number of alkyl halides is 2. The lowest BCUT2D eigenvalue weighted by atomic mass is 10.0. The minimum atomic E-state index is -0.707. The molecule has 0 unspecified atom stereocenters. The van der Waals surface area contributed by atoms with Crippen molar-refractivity contribution in [2.75, 3.05) is 0 Å². The van der Waals surface area contributed by atoms with Gasteiger partial charge in [-0.3, -0.25) is 4.79 Å². The summed E-state index contributed by atoms with van der Waals surface area (Å²) in [6, 6.07) is 0. The topological polar surface area (TPSA) is 17.1 Å². The third kappa shape index (κ3) is 1.27. The molecule has 0 radical (unpaired) electrons. The standard InChI is InChI=1S/C9H12Cl2O/c10-9(11)6-4-2-1-3-5-7(12)8(6)9/h6,8H,1-5H2/t6-,8-/m1/s1. The van der Waals surface area contributed by atoms with Crippen LogP contribution in [0.3, 0.4) is 0 Å². The second-order valence-corrected chi connectivity index (χ2v) is 5.27. The summed E-state index contributed by atoms with van der Waals surface area (Å²) >= 11 is 12.0. The Morgan fingerprint density at radius 3 is 2.75 bits per heavy atom. The van der Waals surface area contributed by atoms with Crippen LogP contribution in [0, 0.1) is 11.8 Å². The third-order valence-corrected chi connectivity index (χ3v) is 4.02. The molecule has 2 aliphatic rings. The second kappa shape index (κ2) is 2.88. The van der Waals surface area contributed by atoms with Crippen LogP contribution >= 0.6 is 23.2 Å². The molecule has 2 saturated carbocycles. The van der Waals surface area contributed by atoms with E-state index in [9.17, 15) is 4.79 Å². The first kappa shape index (κ1) is 8.83. The van der Waals surface area contributed by atoms with Crippen molar-refractivity contribution < 1.29 is 4.79 Å². The van der Waals surface area contributed by atoms with Crippen LogP contribution < -0.4 is 0 Å². The number of fused-ring (bicyclic) bond motifs is 1. The predicted molar refractivity (Wildman–Crippen MR) is 49.5 cm³/mol. The molecule has 3 heteroatoms. The van der Waals surface area contributed by atoms with E-state index in [-0.39, 0.29) is 17.6 Å². The summed E-state index contributed by atoms with van der Waals surface area (Å²) in [7, 11) is 0. The van der Waals surface area contributed by atoms with Crippen LogP contribution in [-0.4, -0.2) is 10.1 Å². The van der Waals surface area contributed by atoms with Crippen molar-refractivity contribution >= 4 is 29.0 Å². The largest absolute Gasteiger partial charge is 0.299 e. The molecule has 0 aliphatic heterocycles. The molecule has 0 N–H and O–H groups in total. The molecule has 12 heavy (non-hydrogen) atoms. The lowest BCUT2D eigenvalue weighted by molar-refractivity contribution is -0.120. The molecule has 2 aliphatic carbocycles. The van der Waals surface area contributed by atoms with Gasteiger partial charge in [-0.15, -0.1) is 23.2 Å². The zero-order chi connectivity index (χ0) is 8.77. The number of hydrogen-bond donors (Lipinski definition) is 0. The van der Waals surface area contributed by atoms with Gasteiger partial charge in [-0.25, -0.2) is 0 Å². The summed E-state index contributed by atoms with van der Waals surface area (Å²) in [5, 5.41) is 0. The first-order chi connectivity index (χ1) is 5.64. The molecule has 68 valence electrons. The number of carbonyl (C=O) groups is 1. The summed E-state index contributed by atoms with van der Waals surface area (Å²) in [6.07, 6.45) is 5.06. The Kier molecular flexibility index (Phi) is 2.12. The maximum atomic E-state index is 11.5. The van der Waals surface area contributed by atoms with Gasteiger partial charge >= 0.3 is 0 Å². The third-order valence-electron chi connectivity index (χ3n) is 2.99. The summed E-state index contributed by atoms with van der Waals surface area (Å²) in [6.45, 7) is 0.